The van der Waals surface area contributed by atoms with E-state index < -0.39 is 0 Å². The van der Waals surface area contributed by atoms with Crippen molar-refractivity contribution in [2.45, 2.75) is 71.4 Å². The van der Waals surface area contributed by atoms with Gasteiger partial charge >= 0.3 is 0 Å². The molecular weight excluding hydrogens is 158 g/mol. The zero-order chi connectivity index (χ0) is 9.68. The van der Waals surface area contributed by atoms with Gasteiger partial charge in [0.1, 0.15) is 0 Å². The molecule has 0 aromatic carbocycles. The Bertz CT molecular complexity index is 123. The fraction of sp³-hybridized carbons (Fsp3) is 1.00. The van der Waals surface area contributed by atoms with Crippen LogP contribution in [0.5, 0.6) is 0 Å². The third kappa shape index (κ3) is 3.30. The first-order chi connectivity index (χ1) is 6.27. The monoisotopic (exact) mass is 183 g/mol. The van der Waals surface area contributed by atoms with Crippen LogP contribution in [-0.4, -0.2) is 12.1 Å². The first-order valence-corrected chi connectivity index (χ1v) is 6.04. The van der Waals surface area contributed by atoms with Gasteiger partial charge in [-0.15, -0.1) is 0 Å². The fourth-order valence-electron chi connectivity index (χ4n) is 2.49. The van der Waals surface area contributed by atoms with E-state index in [1.807, 2.05) is 0 Å². The molecule has 1 aliphatic carbocycles. The van der Waals surface area contributed by atoms with E-state index in [1.165, 1.54) is 38.5 Å². The van der Waals surface area contributed by atoms with Crippen molar-refractivity contribution in [3.63, 3.8) is 0 Å². The molecule has 0 aliphatic heterocycles. The zero-order valence-electron chi connectivity index (χ0n) is 9.47. The van der Waals surface area contributed by atoms with Crippen molar-refractivity contribution >= 4 is 0 Å². The van der Waals surface area contributed by atoms with Crippen molar-refractivity contribution in [3.05, 3.63) is 0 Å². The Morgan fingerprint density at radius 3 is 2.15 bits per heavy atom. The molecule has 13 heavy (non-hydrogen) atoms. The molecule has 0 radical (unpaired) electrons. The topological polar surface area (TPSA) is 12.0 Å². The second-order valence-electron chi connectivity index (χ2n) is 4.51. The molecule has 1 rings (SSSR count). The highest BCUT2D eigenvalue weighted by Crippen LogP contribution is 2.27. The average molecular weight is 183 g/mol. The van der Waals surface area contributed by atoms with Gasteiger partial charge < -0.3 is 5.32 Å². The van der Waals surface area contributed by atoms with Crippen molar-refractivity contribution in [2.24, 2.45) is 5.92 Å². The molecule has 1 heteroatoms. The summed E-state index contributed by atoms with van der Waals surface area (Å²) in [6.45, 7) is 6.93. The Morgan fingerprint density at radius 1 is 1.15 bits per heavy atom. The smallest absolute Gasteiger partial charge is 0.00695 e. The SMILES string of the molecule is CCC(CC)NC(C)C1CCCC1. The summed E-state index contributed by atoms with van der Waals surface area (Å²) < 4.78 is 0. The van der Waals surface area contributed by atoms with E-state index >= 15 is 0 Å². The van der Waals surface area contributed by atoms with E-state index in [4.69, 9.17) is 0 Å². The number of nitrogens with one attached hydrogen (secondary N) is 1. The first kappa shape index (κ1) is 11.0. The van der Waals surface area contributed by atoms with Gasteiger partial charge in [-0.25, -0.2) is 0 Å². The molecule has 1 atom stereocenters. The largest absolute Gasteiger partial charge is 0.311 e. The highest BCUT2D eigenvalue weighted by atomic mass is 14.9. The summed E-state index contributed by atoms with van der Waals surface area (Å²) >= 11 is 0. The van der Waals surface area contributed by atoms with E-state index in [9.17, 15) is 0 Å². The Hall–Kier alpha value is -0.0400. The Kier molecular flexibility index (Phi) is 4.79. The van der Waals surface area contributed by atoms with Crippen molar-refractivity contribution in [3.8, 4) is 0 Å². The predicted octanol–water partition coefficient (Wildman–Crippen LogP) is 3.34. The highest BCUT2D eigenvalue weighted by molar-refractivity contribution is 4.79. The quantitative estimate of drug-likeness (QED) is 0.689. The lowest BCUT2D eigenvalue weighted by atomic mass is 9.98. The molecule has 1 unspecified atom stereocenters. The summed E-state index contributed by atoms with van der Waals surface area (Å²) in [6, 6.07) is 1.49. The second kappa shape index (κ2) is 5.64. The zero-order valence-corrected chi connectivity index (χ0v) is 9.47. The van der Waals surface area contributed by atoms with Crippen LogP contribution in [0.2, 0.25) is 0 Å². The van der Waals surface area contributed by atoms with Gasteiger partial charge in [0.25, 0.3) is 0 Å². The van der Waals surface area contributed by atoms with Crippen LogP contribution in [0.15, 0.2) is 0 Å². The van der Waals surface area contributed by atoms with Crippen LogP contribution in [-0.2, 0) is 0 Å². The molecule has 1 N–H and O–H groups in total. The van der Waals surface area contributed by atoms with Crippen LogP contribution in [0.4, 0.5) is 0 Å². The van der Waals surface area contributed by atoms with E-state index in [-0.39, 0.29) is 0 Å². The third-order valence-corrected chi connectivity index (χ3v) is 3.59. The molecule has 0 bridgehead atoms. The van der Waals surface area contributed by atoms with Gasteiger partial charge in [-0.05, 0) is 38.5 Å². The minimum Gasteiger partial charge on any atom is -0.311 e. The standard InChI is InChI=1S/C12H25N/c1-4-12(5-2)13-10(3)11-8-6-7-9-11/h10-13H,4-9H2,1-3H3. The Labute approximate surface area is 83.3 Å². The summed E-state index contributed by atoms with van der Waals surface area (Å²) in [5.74, 6) is 0.959. The summed E-state index contributed by atoms with van der Waals surface area (Å²) in [6.07, 6.45) is 8.36. The van der Waals surface area contributed by atoms with Gasteiger partial charge in [-0.3, -0.25) is 0 Å². The minimum absolute atomic E-state index is 0.743. The molecule has 78 valence electrons. The summed E-state index contributed by atoms with van der Waals surface area (Å²) in [4.78, 5) is 0. The molecule has 0 heterocycles. The van der Waals surface area contributed by atoms with Crippen LogP contribution >= 0.6 is 0 Å². The van der Waals surface area contributed by atoms with Crippen molar-refractivity contribution in [2.75, 3.05) is 0 Å². The Balaban J connectivity index is 2.25. The lowest BCUT2D eigenvalue weighted by Crippen LogP contribution is -2.39. The molecule has 1 nitrogen and oxygen atoms in total. The summed E-state index contributed by atoms with van der Waals surface area (Å²) in [5.41, 5.74) is 0. The van der Waals surface area contributed by atoms with Crippen LogP contribution in [0, 0.1) is 5.92 Å². The van der Waals surface area contributed by atoms with E-state index in [2.05, 4.69) is 26.1 Å². The van der Waals surface area contributed by atoms with E-state index in [1.54, 1.807) is 0 Å². The van der Waals surface area contributed by atoms with Crippen LogP contribution in [0.25, 0.3) is 0 Å². The lowest BCUT2D eigenvalue weighted by molar-refractivity contribution is 0.331. The Morgan fingerprint density at radius 2 is 1.69 bits per heavy atom. The number of hydrogen-bond acceptors (Lipinski definition) is 1. The van der Waals surface area contributed by atoms with Gasteiger partial charge in [0.2, 0.25) is 0 Å². The van der Waals surface area contributed by atoms with Gasteiger partial charge in [-0.1, -0.05) is 26.7 Å². The minimum atomic E-state index is 0.743. The highest BCUT2D eigenvalue weighted by Gasteiger charge is 2.22. The predicted molar refractivity (Wildman–Crippen MR) is 58.9 cm³/mol. The number of hydrogen-bond donors (Lipinski definition) is 1. The van der Waals surface area contributed by atoms with Gasteiger partial charge in [-0.2, -0.15) is 0 Å². The molecule has 0 spiro atoms. The molecule has 1 saturated carbocycles. The van der Waals surface area contributed by atoms with Crippen LogP contribution in [0.1, 0.15) is 59.3 Å². The summed E-state index contributed by atoms with van der Waals surface area (Å²) in [7, 11) is 0. The average Bonchev–Trinajstić information content (AvgIpc) is 2.66. The number of rotatable bonds is 5. The molecule has 1 fully saturated rings. The van der Waals surface area contributed by atoms with Crippen LogP contribution < -0.4 is 5.32 Å². The van der Waals surface area contributed by atoms with E-state index in [0.717, 1.165) is 18.0 Å². The molecular formula is C12H25N. The maximum atomic E-state index is 3.76. The molecule has 1 aliphatic rings. The van der Waals surface area contributed by atoms with Crippen molar-refractivity contribution in [1.29, 1.82) is 0 Å². The van der Waals surface area contributed by atoms with Crippen molar-refractivity contribution in [1.82, 2.24) is 5.32 Å². The lowest BCUT2D eigenvalue weighted by Gasteiger charge is -2.25. The van der Waals surface area contributed by atoms with Gasteiger partial charge in [0, 0.05) is 12.1 Å². The first-order valence-electron chi connectivity index (χ1n) is 6.04. The molecule has 0 saturated heterocycles. The van der Waals surface area contributed by atoms with Gasteiger partial charge in [0.05, 0.1) is 0 Å². The maximum Gasteiger partial charge on any atom is 0.00695 e. The van der Waals surface area contributed by atoms with Gasteiger partial charge in [0.15, 0.2) is 0 Å². The summed E-state index contributed by atoms with van der Waals surface area (Å²) in [5, 5.41) is 3.76. The fourth-order valence-corrected chi connectivity index (χ4v) is 2.49. The van der Waals surface area contributed by atoms with Crippen LogP contribution in [0.3, 0.4) is 0 Å². The van der Waals surface area contributed by atoms with E-state index in [0.29, 0.717) is 0 Å². The molecule has 0 aromatic heterocycles. The molecule has 0 aromatic rings. The molecule has 0 amide bonds. The maximum absolute atomic E-state index is 3.76. The second-order valence-corrected chi connectivity index (χ2v) is 4.51. The normalized spacial score (nSPS) is 21.2. The third-order valence-electron chi connectivity index (χ3n) is 3.59. The van der Waals surface area contributed by atoms with Crippen molar-refractivity contribution < 1.29 is 0 Å².